The van der Waals surface area contributed by atoms with Crippen LogP contribution in [0.3, 0.4) is 0 Å². The van der Waals surface area contributed by atoms with Crippen molar-refractivity contribution in [3.05, 3.63) is 63.9 Å². The average Bonchev–Trinajstić information content (AvgIpc) is 2.51. The molecule has 1 amide bonds. The van der Waals surface area contributed by atoms with Gasteiger partial charge in [-0.1, -0.05) is 41.4 Å². The number of halogens is 3. The van der Waals surface area contributed by atoms with Crippen molar-refractivity contribution in [2.75, 3.05) is 0 Å². The SMILES string of the molecule is CC(Oc1ccccc1)C(=O)NC(C)c1cc(F)c(Cl)cc1Cl. The summed E-state index contributed by atoms with van der Waals surface area (Å²) < 4.78 is 19.1. The molecule has 0 aliphatic heterocycles. The molecule has 2 atom stereocenters. The first kappa shape index (κ1) is 17.6. The molecule has 122 valence electrons. The molecule has 2 aromatic carbocycles. The molecule has 0 heterocycles. The molecule has 0 aliphatic rings. The van der Waals surface area contributed by atoms with Crippen LogP contribution >= 0.6 is 23.2 Å². The fourth-order valence-electron chi connectivity index (χ4n) is 2.03. The van der Waals surface area contributed by atoms with Crippen molar-refractivity contribution in [1.82, 2.24) is 5.32 Å². The number of benzene rings is 2. The first-order chi connectivity index (χ1) is 10.9. The largest absolute Gasteiger partial charge is 0.481 e. The predicted octanol–water partition coefficient (Wildman–Crippen LogP) is 4.78. The summed E-state index contributed by atoms with van der Waals surface area (Å²) in [6, 6.07) is 11.1. The van der Waals surface area contributed by atoms with Gasteiger partial charge in [0.25, 0.3) is 5.91 Å². The Morgan fingerprint density at radius 2 is 1.78 bits per heavy atom. The molecule has 0 saturated carbocycles. The average molecular weight is 356 g/mol. The Morgan fingerprint density at radius 1 is 1.13 bits per heavy atom. The number of rotatable bonds is 5. The van der Waals surface area contributed by atoms with E-state index in [1.54, 1.807) is 26.0 Å². The zero-order valence-electron chi connectivity index (χ0n) is 12.6. The summed E-state index contributed by atoms with van der Waals surface area (Å²) >= 11 is 11.7. The van der Waals surface area contributed by atoms with Crippen LogP contribution in [-0.4, -0.2) is 12.0 Å². The third-order valence-corrected chi connectivity index (χ3v) is 3.91. The molecule has 0 saturated heterocycles. The summed E-state index contributed by atoms with van der Waals surface area (Å²) in [6.07, 6.45) is -0.698. The van der Waals surface area contributed by atoms with E-state index in [-0.39, 0.29) is 10.9 Å². The van der Waals surface area contributed by atoms with E-state index in [2.05, 4.69) is 5.32 Å². The Labute approximate surface area is 144 Å². The summed E-state index contributed by atoms with van der Waals surface area (Å²) in [6.45, 7) is 3.35. The monoisotopic (exact) mass is 355 g/mol. The molecule has 0 aromatic heterocycles. The topological polar surface area (TPSA) is 38.3 Å². The van der Waals surface area contributed by atoms with Gasteiger partial charge in [-0.2, -0.15) is 0 Å². The number of hydrogen-bond donors (Lipinski definition) is 1. The van der Waals surface area contributed by atoms with E-state index >= 15 is 0 Å². The first-order valence-corrected chi connectivity index (χ1v) is 7.80. The summed E-state index contributed by atoms with van der Waals surface area (Å²) in [5.74, 6) is -0.313. The fraction of sp³-hybridized carbons (Fsp3) is 0.235. The number of nitrogens with one attached hydrogen (secondary N) is 1. The van der Waals surface area contributed by atoms with E-state index in [1.807, 2.05) is 18.2 Å². The maximum absolute atomic E-state index is 13.6. The molecule has 23 heavy (non-hydrogen) atoms. The van der Waals surface area contributed by atoms with Gasteiger partial charge in [0.15, 0.2) is 6.10 Å². The van der Waals surface area contributed by atoms with E-state index in [0.717, 1.165) is 0 Å². The smallest absolute Gasteiger partial charge is 0.261 e. The number of carbonyl (C=O) groups excluding carboxylic acids is 1. The molecule has 0 bridgehead atoms. The Hall–Kier alpha value is -1.78. The van der Waals surface area contributed by atoms with Gasteiger partial charge in [-0.05, 0) is 43.7 Å². The highest BCUT2D eigenvalue weighted by atomic mass is 35.5. The van der Waals surface area contributed by atoms with Gasteiger partial charge in [0.2, 0.25) is 0 Å². The molecule has 2 aromatic rings. The third-order valence-electron chi connectivity index (χ3n) is 3.29. The first-order valence-electron chi connectivity index (χ1n) is 7.05. The van der Waals surface area contributed by atoms with Crippen molar-refractivity contribution in [2.24, 2.45) is 0 Å². The highest BCUT2D eigenvalue weighted by Gasteiger charge is 2.20. The standard InChI is InChI=1S/C17H16Cl2FNO2/c1-10(13-8-16(20)15(19)9-14(13)18)21-17(22)11(2)23-12-6-4-3-5-7-12/h3-11H,1-2H3,(H,21,22). The van der Waals surface area contributed by atoms with Gasteiger partial charge in [-0.3, -0.25) is 4.79 Å². The Kier molecular flexibility index (Phi) is 5.85. The Balaban J connectivity index is 2.03. The van der Waals surface area contributed by atoms with Gasteiger partial charge in [0.1, 0.15) is 11.6 Å². The third kappa shape index (κ3) is 4.60. The number of hydrogen-bond acceptors (Lipinski definition) is 2. The van der Waals surface area contributed by atoms with Crippen molar-refractivity contribution < 1.29 is 13.9 Å². The van der Waals surface area contributed by atoms with Crippen LogP contribution in [0.5, 0.6) is 5.75 Å². The Bertz CT molecular complexity index is 694. The number of amides is 1. The summed E-state index contributed by atoms with van der Waals surface area (Å²) in [7, 11) is 0. The lowest BCUT2D eigenvalue weighted by molar-refractivity contribution is -0.127. The number of carbonyl (C=O) groups is 1. The Morgan fingerprint density at radius 3 is 2.43 bits per heavy atom. The lowest BCUT2D eigenvalue weighted by atomic mass is 10.1. The number of para-hydroxylation sites is 1. The second kappa shape index (κ2) is 7.66. The lowest BCUT2D eigenvalue weighted by Crippen LogP contribution is -2.37. The van der Waals surface area contributed by atoms with Crippen LogP contribution in [0, 0.1) is 5.82 Å². The highest BCUT2D eigenvalue weighted by molar-refractivity contribution is 6.35. The van der Waals surface area contributed by atoms with Gasteiger partial charge in [0.05, 0.1) is 11.1 Å². The van der Waals surface area contributed by atoms with Crippen LogP contribution < -0.4 is 10.1 Å². The molecular formula is C17H16Cl2FNO2. The minimum Gasteiger partial charge on any atom is -0.481 e. The fourth-order valence-corrected chi connectivity index (χ4v) is 2.58. The summed E-state index contributed by atoms with van der Waals surface area (Å²) in [5, 5.41) is 2.98. The van der Waals surface area contributed by atoms with Crippen LogP contribution in [-0.2, 0) is 4.79 Å². The van der Waals surface area contributed by atoms with Gasteiger partial charge in [-0.15, -0.1) is 0 Å². The molecule has 0 aliphatic carbocycles. The molecule has 0 radical (unpaired) electrons. The van der Waals surface area contributed by atoms with Gasteiger partial charge in [0, 0.05) is 5.02 Å². The van der Waals surface area contributed by atoms with Crippen molar-refractivity contribution in [3.63, 3.8) is 0 Å². The molecule has 2 unspecified atom stereocenters. The molecular weight excluding hydrogens is 340 g/mol. The zero-order valence-corrected chi connectivity index (χ0v) is 14.2. The zero-order chi connectivity index (χ0) is 17.0. The maximum Gasteiger partial charge on any atom is 0.261 e. The molecule has 2 rings (SSSR count). The minimum atomic E-state index is -0.698. The molecule has 1 N–H and O–H groups in total. The van der Waals surface area contributed by atoms with E-state index in [0.29, 0.717) is 16.3 Å². The van der Waals surface area contributed by atoms with Gasteiger partial charge < -0.3 is 10.1 Å². The van der Waals surface area contributed by atoms with Crippen LogP contribution in [0.25, 0.3) is 0 Å². The summed E-state index contributed by atoms with van der Waals surface area (Å²) in [4.78, 5) is 12.2. The molecule has 0 spiro atoms. The van der Waals surface area contributed by atoms with Crippen LogP contribution in [0.2, 0.25) is 10.0 Å². The van der Waals surface area contributed by atoms with E-state index in [9.17, 15) is 9.18 Å². The molecule has 0 fully saturated rings. The van der Waals surface area contributed by atoms with Crippen molar-refractivity contribution in [1.29, 1.82) is 0 Å². The van der Waals surface area contributed by atoms with Crippen LogP contribution in [0.1, 0.15) is 25.5 Å². The second-order valence-electron chi connectivity index (χ2n) is 5.09. The van der Waals surface area contributed by atoms with Gasteiger partial charge >= 0.3 is 0 Å². The predicted molar refractivity (Wildman–Crippen MR) is 89.5 cm³/mol. The van der Waals surface area contributed by atoms with Crippen molar-refractivity contribution in [3.8, 4) is 5.75 Å². The highest BCUT2D eigenvalue weighted by Crippen LogP contribution is 2.28. The van der Waals surface area contributed by atoms with Gasteiger partial charge in [-0.25, -0.2) is 4.39 Å². The minimum absolute atomic E-state index is 0.0574. The normalized spacial score (nSPS) is 13.3. The van der Waals surface area contributed by atoms with E-state index in [1.165, 1.54) is 12.1 Å². The molecule has 3 nitrogen and oxygen atoms in total. The van der Waals surface area contributed by atoms with E-state index in [4.69, 9.17) is 27.9 Å². The van der Waals surface area contributed by atoms with E-state index < -0.39 is 18.0 Å². The number of ether oxygens (including phenoxy) is 1. The second-order valence-corrected chi connectivity index (χ2v) is 5.91. The maximum atomic E-state index is 13.6. The van der Waals surface area contributed by atoms with Crippen molar-refractivity contribution >= 4 is 29.1 Å². The quantitative estimate of drug-likeness (QED) is 0.784. The summed E-state index contributed by atoms with van der Waals surface area (Å²) in [5.41, 5.74) is 0.453. The lowest BCUT2D eigenvalue weighted by Gasteiger charge is -2.20. The van der Waals surface area contributed by atoms with Crippen LogP contribution in [0.15, 0.2) is 42.5 Å². The molecule has 6 heteroatoms. The van der Waals surface area contributed by atoms with Crippen molar-refractivity contribution in [2.45, 2.75) is 26.0 Å². The van der Waals surface area contributed by atoms with Crippen LogP contribution in [0.4, 0.5) is 4.39 Å².